The van der Waals surface area contributed by atoms with Crippen LogP contribution < -0.4 is 5.32 Å². The van der Waals surface area contributed by atoms with Crippen molar-refractivity contribution in [3.63, 3.8) is 0 Å². The topological polar surface area (TPSA) is 99.8 Å². The molecule has 1 aliphatic heterocycles. The first-order valence-corrected chi connectivity index (χ1v) is 9.66. The van der Waals surface area contributed by atoms with Crippen LogP contribution in [0.25, 0.3) is 17.4 Å². The number of hydrogen-bond acceptors (Lipinski definition) is 4. The molecule has 2 N–H and O–H groups in total. The number of furan rings is 1. The number of aromatic carboxylic acids is 1. The standard InChI is InChI=1S/C24H20N2O5/c1-14-4-3-5-16(10-14)13-26-22(27)20(25-24(26)30)12-18-8-9-21(31-18)19-11-17(23(28)29)7-6-15(19)2/h3-12H,13H2,1-2H3,(H,25,30)(H,28,29)/b20-12+. The van der Waals surface area contributed by atoms with Gasteiger partial charge in [0.2, 0.25) is 0 Å². The van der Waals surface area contributed by atoms with Crippen molar-refractivity contribution < 1.29 is 23.9 Å². The smallest absolute Gasteiger partial charge is 0.335 e. The average molecular weight is 416 g/mol. The Morgan fingerprint density at radius 2 is 1.90 bits per heavy atom. The van der Waals surface area contributed by atoms with E-state index in [0.29, 0.717) is 17.1 Å². The van der Waals surface area contributed by atoms with Crippen LogP contribution in [0, 0.1) is 13.8 Å². The molecule has 2 aromatic carbocycles. The molecule has 0 bridgehead atoms. The Hall–Kier alpha value is -4.13. The molecule has 0 spiro atoms. The highest BCUT2D eigenvalue weighted by Crippen LogP contribution is 2.28. The number of imide groups is 1. The van der Waals surface area contributed by atoms with Crippen molar-refractivity contribution >= 4 is 24.0 Å². The van der Waals surface area contributed by atoms with Crippen LogP contribution in [-0.4, -0.2) is 27.9 Å². The van der Waals surface area contributed by atoms with E-state index in [1.807, 2.05) is 38.1 Å². The third-order valence-electron chi connectivity index (χ3n) is 5.05. The second-order valence-electron chi connectivity index (χ2n) is 7.41. The fourth-order valence-corrected chi connectivity index (χ4v) is 3.45. The van der Waals surface area contributed by atoms with Crippen molar-refractivity contribution in [3.05, 3.63) is 88.3 Å². The number of aryl methyl sites for hydroxylation is 2. The highest BCUT2D eigenvalue weighted by molar-refractivity contribution is 6.13. The third kappa shape index (κ3) is 4.11. The van der Waals surface area contributed by atoms with Crippen LogP contribution in [0.2, 0.25) is 0 Å². The Morgan fingerprint density at radius 1 is 1.10 bits per heavy atom. The summed E-state index contributed by atoms with van der Waals surface area (Å²) in [6.45, 7) is 3.98. The minimum absolute atomic E-state index is 0.120. The van der Waals surface area contributed by atoms with Crippen molar-refractivity contribution in [2.24, 2.45) is 0 Å². The maximum atomic E-state index is 12.7. The summed E-state index contributed by atoms with van der Waals surface area (Å²) < 4.78 is 5.81. The molecule has 31 heavy (non-hydrogen) atoms. The number of urea groups is 1. The summed E-state index contributed by atoms with van der Waals surface area (Å²) in [6.07, 6.45) is 1.47. The van der Waals surface area contributed by atoms with Gasteiger partial charge in [0, 0.05) is 11.6 Å². The largest absolute Gasteiger partial charge is 0.478 e. The fraction of sp³-hybridized carbons (Fsp3) is 0.125. The van der Waals surface area contributed by atoms with Gasteiger partial charge in [-0.15, -0.1) is 0 Å². The summed E-state index contributed by atoms with van der Waals surface area (Å²) in [5, 5.41) is 11.8. The van der Waals surface area contributed by atoms with Gasteiger partial charge in [-0.05, 0) is 49.2 Å². The van der Waals surface area contributed by atoms with E-state index in [1.54, 1.807) is 24.3 Å². The maximum Gasteiger partial charge on any atom is 0.335 e. The number of carboxylic acid groups (broad SMARTS) is 1. The molecule has 2 heterocycles. The number of hydrogen-bond donors (Lipinski definition) is 2. The predicted molar refractivity (Wildman–Crippen MR) is 114 cm³/mol. The van der Waals surface area contributed by atoms with Crippen LogP contribution in [0.4, 0.5) is 4.79 Å². The van der Waals surface area contributed by atoms with E-state index in [1.165, 1.54) is 12.1 Å². The van der Waals surface area contributed by atoms with Crippen LogP contribution >= 0.6 is 0 Å². The monoisotopic (exact) mass is 416 g/mol. The highest BCUT2D eigenvalue weighted by atomic mass is 16.4. The zero-order valence-electron chi connectivity index (χ0n) is 17.0. The van der Waals surface area contributed by atoms with Crippen molar-refractivity contribution in [2.75, 3.05) is 0 Å². The van der Waals surface area contributed by atoms with Gasteiger partial charge in [-0.3, -0.25) is 9.69 Å². The molecule has 0 unspecified atom stereocenters. The fourth-order valence-electron chi connectivity index (χ4n) is 3.45. The van der Waals surface area contributed by atoms with Crippen molar-refractivity contribution in [1.29, 1.82) is 0 Å². The SMILES string of the molecule is Cc1cccc(CN2C(=O)N/C(=C/c3ccc(-c4cc(C(=O)O)ccc4C)o3)C2=O)c1. The van der Waals surface area contributed by atoms with Crippen LogP contribution in [-0.2, 0) is 11.3 Å². The molecule has 0 saturated carbocycles. The number of amides is 3. The molecule has 0 radical (unpaired) electrons. The van der Waals surface area contributed by atoms with Crippen LogP contribution in [0.5, 0.6) is 0 Å². The summed E-state index contributed by atoms with van der Waals surface area (Å²) in [5.41, 5.74) is 3.68. The molecule has 1 aromatic heterocycles. The van der Waals surface area contributed by atoms with E-state index >= 15 is 0 Å². The number of benzene rings is 2. The summed E-state index contributed by atoms with van der Waals surface area (Å²) in [4.78, 5) is 37.4. The van der Waals surface area contributed by atoms with Crippen LogP contribution in [0.1, 0.15) is 32.8 Å². The van der Waals surface area contributed by atoms with E-state index in [0.717, 1.165) is 21.6 Å². The molecule has 4 rings (SSSR count). The van der Waals surface area contributed by atoms with Gasteiger partial charge in [0.05, 0.1) is 12.1 Å². The van der Waals surface area contributed by atoms with Crippen LogP contribution in [0.3, 0.4) is 0 Å². The van der Waals surface area contributed by atoms with E-state index in [9.17, 15) is 19.5 Å². The number of carbonyl (C=O) groups is 3. The lowest BCUT2D eigenvalue weighted by Gasteiger charge is -2.12. The molecule has 3 amide bonds. The molecule has 0 atom stereocenters. The number of carboxylic acids is 1. The first kappa shape index (κ1) is 20.2. The molecule has 3 aromatic rings. The summed E-state index contributed by atoms with van der Waals surface area (Å²) in [6, 6.07) is 15.3. The van der Waals surface area contributed by atoms with Gasteiger partial charge in [-0.25, -0.2) is 9.59 Å². The number of carbonyl (C=O) groups excluding carboxylic acids is 2. The number of rotatable bonds is 5. The molecule has 7 nitrogen and oxygen atoms in total. The Labute approximate surface area is 178 Å². The average Bonchev–Trinajstić information content (AvgIpc) is 3.28. The molecule has 1 fully saturated rings. The lowest BCUT2D eigenvalue weighted by Crippen LogP contribution is -2.30. The van der Waals surface area contributed by atoms with Crippen molar-refractivity contribution in [1.82, 2.24) is 10.2 Å². The molecule has 1 saturated heterocycles. The first-order valence-electron chi connectivity index (χ1n) is 9.66. The maximum absolute atomic E-state index is 12.7. The van der Waals surface area contributed by atoms with Gasteiger partial charge < -0.3 is 14.8 Å². The molecular weight excluding hydrogens is 396 g/mol. The van der Waals surface area contributed by atoms with Gasteiger partial charge in [0.25, 0.3) is 5.91 Å². The zero-order chi connectivity index (χ0) is 22.1. The Kier molecular flexibility index (Phi) is 5.17. The Balaban J connectivity index is 1.57. The van der Waals surface area contributed by atoms with Gasteiger partial charge in [0.1, 0.15) is 17.2 Å². The molecule has 7 heteroatoms. The van der Waals surface area contributed by atoms with Gasteiger partial charge in [-0.2, -0.15) is 0 Å². The van der Waals surface area contributed by atoms with Gasteiger partial charge in [0.15, 0.2) is 0 Å². The van der Waals surface area contributed by atoms with Gasteiger partial charge >= 0.3 is 12.0 Å². The minimum atomic E-state index is -1.02. The normalized spacial score (nSPS) is 14.9. The minimum Gasteiger partial charge on any atom is -0.478 e. The van der Waals surface area contributed by atoms with Crippen LogP contribution in [0.15, 0.2) is 64.7 Å². The summed E-state index contributed by atoms with van der Waals surface area (Å²) in [7, 11) is 0. The van der Waals surface area contributed by atoms with E-state index in [2.05, 4.69) is 5.32 Å². The molecule has 1 aliphatic rings. The summed E-state index contributed by atoms with van der Waals surface area (Å²) in [5.74, 6) is -0.617. The zero-order valence-corrected chi connectivity index (χ0v) is 17.0. The van der Waals surface area contributed by atoms with Gasteiger partial charge in [-0.1, -0.05) is 35.9 Å². The number of nitrogens with one attached hydrogen (secondary N) is 1. The molecule has 156 valence electrons. The summed E-state index contributed by atoms with van der Waals surface area (Å²) >= 11 is 0. The predicted octanol–water partition coefficient (Wildman–Crippen LogP) is 4.35. The van der Waals surface area contributed by atoms with Crippen molar-refractivity contribution in [2.45, 2.75) is 20.4 Å². The second kappa shape index (κ2) is 7.95. The Morgan fingerprint density at radius 3 is 2.65 bits per heavy atom. The van der Waals surface area contributed by atoms with E-state index < -0.39 is 17.9 Å². The Bertz CT molecular complexity index is 1240. The van der Waals surface area contributed by atoms with Crippen molar-refractivity contribution in [3.8, 4) is 11.3 Å². The molecular formula is C24H20N2O5. The highest BCUT2D eigenvalue weighted by Gasteiger charge is 2.33. The first-order chi connectivity index (χ1) is 14.8. The molecule has 0 aliphatic carbocycles. The number of nitrogens with zero attached hydrogens (tertiary/aromatic N) is 1. The lowest BCUT2D eigenvalue weighted by molar-refractivity contribution is -0.123. The lowest BCUT2D eigenvalue weighted by atomic mass is 10.0. The second-order valence-corrected chi connectivity index (χ2v) is 7.41. The van der Waals surface area contributed by atoms with E-state index in [-0.39, 0.29) is 17.8 Å². The van der Waals surface area contributed by atoms with E-state index in [4.69, 9.17) is 4.42 Å². The quantitative estimate of drug-likeness (QED) is 0.476. The third-order valence-corrected chi connectivity index (χ3v) is 5.05.